The first-order chi connectivity index (χ1) is 14.0. The molecule has 0 heterocycles. The maximum absolute atomic E-state index is 5.89. The maximum Gasteiger partial charge on any atom is 0.203 e. The van der Waals surface area contributed by atoms with Gasteiger partial charge < -0.3 is 23.7 Å². The molecule has 0 aliphatic carbocycles. The Hall–Kier alpha value is -1.76. The average Bonchev–Trinajstić information content (AvgIpc) is 2.71. The molecule has 0 bridgehead atoms. The van der Waals surface area contributed by atoms with Crippen LogP contribution in [0.2, 0.25) is 0 Å². The lowest BCUT2D eigenvalue weighted by molar-refractivity contribution is 0.247. The van der Waals surface area contributed by atoms with E-state index in [-0.39, 0.29) is 11.1 Å². The van der Waals surface area contributed by atoms with Crippen LogP contribution >= 0.6 is 39.1 Å². The molecule has 0 amide bonds. The molecule has 0 atom stereocenters. The van der Waals surface area contributed by atoms with Crippen LogP contribution in [0.25, 0.3) is 0 Å². The van der Waals surface area contributed by atoms with Gasteiger partial charge in [0, 0.05) is 16.6 Å². The average molecular weight is 506 g/mol. The van der Waals surface area contributed by atoms with E-state index in [1.807, 2.05) is 24.3 Å². The summed E-state index contributed by atoms with van der Waals surface area (Å²) in [6.07, 6.45) is 3.22. The number of unbranched alkanes of at least 4 members (excludes halogenated alkanes) is 1. The van der Waals surface area contributed by atoms with Gasteiger partial charge in [-0.25, -0.2) is 0 Å². The second-order valence-corrected chi connectivity index (χ2v) is 7.74. The first-order valence-electron chi connectivity index (χ1n) is 8.94. The standard InChI is InChI=1S/C21H23BrCl2O5/c1-25-18-13-17(28-12-9-20(23)24)14-19(26-2)21(18)29-11-4-3-10-27-16-7-5-15(22)6-8-16/h5-9,13-14H,3-4,10-12H2,1-2H3. The molecular weight excluding hydrogens is 483 g/mol. The molecular formula is C21H23BrCl2O5. The van der Waals surface area contributed by atoms with Crippen LogP contribution in [0.15, 0.2) is 51.4 Å². The highest BCUT2D eigenvalue weighted by Crippen LogP contribution is 2.41. The number of hydrogen-bond donors (Lipinski definition) is 0. The fourth-order valence-electron chi connectivity index (χ4n) is 2.38. The normalized spacial score (nSPS) is 10.2. The molecule has 0 saturated heterocycles. The lowest BCUT2D eigenvalue weighted by Crippen LogP contribution is -2.05. The minimum absolute atomic E-state index is 0.146. The fourth-order valence-corrected chi connectivity index (χ4v) is 2.77. The van der Waals surface area contributed by atoms with Crippen LogP contribution in [-0.4, -0.2) is 34.0 Å². The predicted molar refractivity (Wildman–Crippen MR) is 119 cm³/mol. The Bertz CT molecular complexity index is 767. The van der Waals surface area contributed by atoms with Crippen molar-refractivity contribution in [2.75, 3.05) is 34.0 Å². The van der Waals surface area contributed by atoms with Gasteiger partial charge in [0.05, 0.1) is 27.4 Å². The van der Waals surface area contributed by atoms with E-state index in [9.17, 15) is 0 Å². The number of halogens is 3. The van der Waals surface area contributed by atoms with Crippen LogP contribution < -0.4 is 23.7 Å². The molecule has 0 spiro atoms. The Morgan fingerprint density at radius 2 is 1.45 bits per heavy atom. The zero-order chi connectivity index (χ0) is 21.1. The summed E-state index contributed by atoms with van der Waals surface area (Å²) in [6, 6.07) is 11.2. The van der Waals surface area contributed by atoms with E-state index in [0.29, 0.717) is 36.2 Å². The number of hydrogen-bond acceptors (Lipinski definition) is 5. The first kappa shape index (κ1) is 23.5. The quantitative estimate of drug-likeness (QED) is 0.312. The van der Waals surface area contributed by atoms with E-state index in [1.54, 1.807) is 32.4 Å². The summed E-state index contributed by atoms with van der Waals surface area (Å²) in [4.78, 5) is 0. The number of methoxy groups -OCH3 is 2. The summed E-state index contributed by atoms with van der Waals surface area (Å²) >= 11 is 14.6. The summed E-state index contributed by atoms with van der Waals surface area (Å²) in [7, 11) is 3.13. The van der Waals surface area contributed by atoms with Gasteiger partial charge in [-0.05, 0) is 43.2 Å². The summed E-state index contributed by atoms with van der Waals surface area (Å²) in [6.45, 7) is 1.34. The van der Waals surface area contributed by atoms with Crippen molar-refractivity contribution < 1.29 is 23.7 Å². The molecule has 8 heteroatoms. The lowest BCUT2D eigenvalue weighted by Gasteiger charge is -2.16. The van der Waals surface area contributed by atoms with Crippen molar-refractivity contribution in [1.29, 1.82) is 0 Å². The Labute approximate surface area is 189 Å². The SMILES string of the molecule is COc1cc(OCC=C(Cl)Cl)cc(OC)c1OCCCCOc1ccc(Br)cc1. The van der Waals surface area contributed by atoms with Crippen LogP contribution in [-0.2, 0) is 0 Å². The van der Waals surface area contributed by atoms with Crippen molar-refractivity contribution in [2.24, 2.45) is 0 Å². The van der Waals surface area contributed by atoms with Crippen LogP contribution in [0.1, 0.15) is 12.8 Å². The van der Waals surface area contributed by atoms with Gasteiger partial charge in [-0.3, -0.25) is 0 Å². The Morgan fingerprint density at radius 1 is 0.862 bits per heavy atom. The van der Waals surface area contributed by atoms with Crippen LogP contribution in [0.3, 0.4) is 0 Å². The Kier molecular flexibility index (Phi) is 10.3. The molecule has 0 N–H and O–H groups in total. The predicted octanol–water partition coefficient (Wildman–Crippen LogP) is 6.40. The monoisotopic (exact) mass is 504 g/mol. The molecule has 5 nitrogen and oxygen atoms in total. The molecule has 0 fully saturated rings. The third-order valence-corrected chi connectivity index (χ3v) is 4.63. The van der Waals surface area contributed by atoms with Gasteiger partial charge in [-0.1, -0.05) is 39.1 Å². The zero-order valence-electron chi connectivity index (χ0n) is 16.3. The third-order valence-electron chi connectivity index (χ3n) is 3.79. The van der Waals surface area contributed by atoms with Crippen molar-refractivity contribution in [3.05, 3.63) is 51.4 Å². The third kappa shape index (κ3) is 8.25. The van der Waals surface area contributed by atoms with Crippen LogP contribution in [0.5, 0.6) is 28.7 Å². The van der Waals surface area contributed by atoms with Crippen molar-refractivity contribution in [3.8, 4) is 28.7 Å². The molecule has 0 aliphatic heterocycles. The highest BCUT2D eigenvalue weighted by molar-refractivity contribution is 9.10. The molecule has 2 rings (SSSR count). The zero-order valence-corrected chi connectivity index (χ0v) is 19.3. The Morgan fingerprint density at radius 3 is 2.00 bits per heavy atom. The molecule has 2 aromatic carbocycles. The fraction of sp³-hybridized carbons (Fsp3) is 0.333. The molecule has 0 radical (unpaired) electrons. The molecule has 158 valence electrons. The molecule has 0 saturated carbocycles. The summed E-state index contributed by atoms with van der Waals surface area (Å²) in [5.41, 5.74) is 0. The molecule has 0 unspecified atom stereocenters. The van der Waals surface area contributed by atoms with E-state index >= 15 is 0 Å². The second-order valence-electron chi connectivity index (χ2n) is 5.82. The smallest absolute Gasteiger partial charge is 0.203 e. The van der Waals surface area contributed by atoms with Crippen molar-refractivity contribution in [2.45, 2.75) is 12.8 Å². The Balaban J connectivity index is 1.85. The van der Waals surface area contributed by atoms with E-state index in [1.165, 1.54) is 0 Å². The van der Waals surface area contributed by atoms with Gasteiger partial charge in [-0.15, -0.1) is 0 Å². The summed E-state index contributed by atoms with van der Waals surface area (Å²) in [5, 5.41) is 0. The highest BCUT2D eigenvalue weighted by Gasteiger charge is 2.15. The topological polar surface area (TPSA) is 46.2 Å². The highest BCUT2D eigenvalue weighted by atomic mass is 79.9. The van der Waals surface area contributed by atoms with E-state index in [2.05, 4.69) is 15.9 Å². The van der Waals surface area contributed by atoms with Crippen LogP contribution in [0, 0.1) is 0 Å². The minimum Gasteiger partial charge on any atom is -0.494 e. The lowest BCUT2D eigenvalue weighted by atomic mass is 10.2. The van der Waals surface area contributed by atoms with Gasteiger partial charge in [-0.2, -0.15) is 0 Å². The maximum atomic E-state index is 5.89. The number of ether oxygens (including phenoxy) is 5. The van der Waals surface area contributed by atoms with E-state index in [0.717, 1.165) is 23.1 Å². The largest absolute Gasteiger partial charge is 0.494 e. The van der Waals surface area contributed by atoms with Crippen molar-refractivity contribution in [3.63, 3.8) is 0 Å². The minimum atomic E-state index is 0.146. The van der Waals surface area contributed by atoms with Gasteiger partial charge >= 0.3 is 0 Å². The van der Waals surface area contributed by atoms with E-state index in [4.69, 9.17) is 46.9 Å². The molecule has 2 aromatic rings. The van der Waals surface area contributed by atoms with Gasteiger partial charge in [0.15, 0.2) is 11.5 Å². The molecule has 0 aliphatic rings. The number of rotatable bonds is 12. The summed E-state index contributed by atoms with van der Waals surface area (Å²) in [5.74, 6) is 2.97. The van der Waals surface area contributed by atoms with Gasteiger partial charge in [0.25, 0.3) is 0 Å². The van der Waals surface area contributed by atoms with Gasteiger partial charge in [0.2, 0.25) is 5.75 Å². The van der Waals surface area contributed by atoms with Crippen LogP contribution in [0.4, 0.5) is 0 Å². The molecule has 29 heavy (non-hydrogen) atoms. The summed E-state index contributed by atoms with van der Waals surface area (Å²) < 4.78 is 29.2. The second kappa shape index (κ2) is 12.7. The first-order valence-corrected chi connectivity index (χ1v) is 10.5. The van der Waals surface area contributed by atoms with Crippen molar-refractivity contribution >= 4 is 39.1 Å². The molecule has 0 aromatic heterocycles. The number of benzene rings is 2. The van der Waals surface area contributed by atoms with E-state index < -0.39 is 0 Å². The van der Waals surface area contributed by atoms with Crippen molar-refractivity contribution in [1.82, 2.24) is 0 Å². The van der Waals surface area contributed by atoms with Gasteiger partial charge in [0.1, 0.15) is 22.6 Å².